The number of furan rings is 1. The standard InChI is InChI=1S/C26H24N4O7/c1-15-23-20(28-29-22(31)14-16-10-12-17(13-11-16)30(34)35)8-5-9-21(23)37-24(15)25(32)27-19-7-4-3-6-18(19)26(33)36-2/h3-4,6-7,10-13H,5,8-9,14H2,1-2H3,(H,27,32)(H,29,31)/b28-20+. The van der Waals surface area contributed by atoms with Crippen LogP contribution in [0.1, 0.15) is 56.2 Å². The van der Waals surface area contributed by atoms with Crippen molar-refractivity contribution in [1.82, 2.24) is 5.43 Å². The van der Waals surface area contributed by atoms with Gasteiger partial charge in [0.25, 0.3) is 11.6 Å². The molecule has 1 aliphatic carbocycles. The van der Waals surface area contributed by atoms with E-state index in [9.17, 15) is 24.5 Å². The van der Waals surface area contributed by atoms with E-state index >= 15 is 0 Å². The fourth-order valence-electron chi connectivity index (χ4n) is 4.15. The summed E-state index contributed by atoms with van der Waals surface area (Å²) in [5.74, 6) is -0.794. The number of rotatable bonds is 7. The lowest BCUT2D eigenvalue weighted by atomic mass is 9.93. The Hall–Kier alpha value is -4.80. The van der Waals surface area contributed by atoms with Gasteiger partial charge < -0.3 is 14.5 Å². The summed E-state index contributed by atoms with van der Waals surface area (Å²) in [5.41, 5.74) is 5.44. The maximum absolute atomic E-state index is 13.0. The lowest BCUT2D eigenvalue weighted by Crippen LogP contribution is -2.23. The summed E-state index contributed by atoms with van der Waals surface area (Å²) >= 11 is 0. The largest absolute Gasteiger partial charge is 0.465 e. The minimum Gasteiger partial charge on any atom is -0.465 e. The zero-order chi connectivity index (χ0) is 26.5. The van der Waals surface area contributed by atoms with E-state index in [1.807, 2.05) is 0 Å². The van der Waals surface area contributed by atoms with Crippen LogP contribution in [0.4, 0.5) is 11.4 Å². The SMILES string of the molecule is COC(=O)c1ccccc1NC(=O)c1oc2c(c1C)/C(=N/NC(=O)Cc1ccc([N+](=O)[O-])cc1)CCC2. The van der Waals surface area contributed by atoms with Crippen LogP contribution in [0.3, 0.4) is 0 Å². The third-order valence-corrected chi connectivity index (χ3v) is 5.94. The number of hydrogen-bond donors (Lipinski definition) is 2. The number of fused-ring (bicyclic) bond motifs is 1. The van der Waals surface area contributed by atoms with Crippen molar-refractivity contribution in [2.24, 2.45) is 5.10 Å². The Labute approximate surface area is 211 Å². The van der Waals surface area contributed by atoms with E-state index in [0.29, 0.717) is 46.7 Å². The number of nitro benzene ring substituents is 1. The average Bonchev–Trinajstić information content (AvgIpc) is 3.24. The Balaban J connectivity index is 1.50. The number of carbonyl (C=O) groups is 3. The second-order valence-corrected chi connectivity index (χ2v) is 8.39. The number of anilines is 1. The summed E-state index contributed by atoms with van der Waals surface area (Å²) in [6, 6.07) is 12.2. The zero-order valence-electron chi connectivity index (χ0n) is 20.2. The lowest BCUT2D eigenvalue weighted by Gasteiger charge is -2.13. The van der Waals surface area contributed by atoms with Gasteiger partial charge in [0.05, 0.1) is 35.4 Å². The van der Waals surface area contributed by atoms with Crippen LogP contribution in [0.25, 0.3) is 0 Å². The fraction of sp³-hybridized carbons (Fsp3) is 0.231. The van der Waals surface area contributed by atoms with Crippen LogP contribution >= 0.6 is 0 Å². The molecular formula is C26H24N4O7. The topological polar surface area (TPSA) is 153 Å². The first-order chi connectivity index (χ1) is 17.8. The Bertz CT molecular complexity index is 1410. The molecule has 2 aromatic carbocycles. The first-order valence-corrected chi connectivity index (χ1v) is 11.5. The van der Waals surface area contributed by atoms with E-state index in [1.54, 1.807) is 31.2 Å². The van der Waals surface area contributed by atoms with E-state index in [2.05, 4.69) is 15.8 Å². The van der Waals surface area contributed by atoms with Crippen molar-refractivity contribution in [2.75, 3.05) is 12.4 Å². The van der Waals surface area contributed by atoms with Gasteiger partial charge in [-0.05, 0) is 37.5 Å². The van der Waals surface area contributed by atoms with Gasteiger partial charge in [-0.3, -0.25) is 19.7 Å². The second-order valence-electron chi connectivity index (χ2n) is 8.39. The summed E-state index contributed by atoms with van der Waals surface area (Å²) in [5, 5.41) is 17.8. The van der Waals surface area contributed by atoms with Gasteiger partial charge in [0.1, 0.15) is 5.76 Å². The Morgan fingerprint density at radius 2 is 1.84 bits per heavy atom. The van der Waals surface area contributed by atoms with Crippen molar-refractivity contribution < 1.29 is 28.5 Å². The highest BCUT2D eigenvalue weighted by molar-refractivity contribution is 6.11. The molecule has 1 aliphatic rings. The highest BCUT2D eigenvalue weighted by Gasteiger charge is 2.28. The van der Waals surface area contributed by atoms with Crippen LogP contribution in [0, 0.1) is 17.0 Å². The molecule has 0 aliphatic heterocycles. The first-order valence-electron chi connectivity index (χ1n) is 11.5. The normalized spacial score (nSPS) is 13.5. The number of para-hydroxylation sites is 1. The molecule has 0 bridgehead atoms. The molecule has 2 amide bonds. The van der Waals surface area contributed by atoms with Crippen LogP contribution in [0.15, 0.2) is 58.0 Å². The summed E-state index contributed by atoms with van der Waals surface area (Å²) < 4.78 is 10.7. The predicted octanol–water partition coefficient (Wildman–Crippen LogP) is 3.93. The van der Waals surface area contributed by atoms with Crippen LogP contribution in [0.2, 0.25) is 0 Å². The second kappa shape index (κ2) is 10.9. The molecule has 1 aromatic heterocycles. The number of hydrazone groups is 1. The van der Waals surface area contributed by atoms with Crippen molar-refractivity contribution in [3.05, 3.63) is 92.4 Å². The quantitative estimate of drug-likeness (QED) is 0.281. The minimum atomic E-state index is -0.578. The number of aryl methyl sites for hydroxylation is 1. The third kappa shape index (κ3) is 5.56. The third-order valence-electron chi connectivity index (χ3n) is 5.94. The number of hydrogen-bond acceptors (Lipinski definition) is 8. The minimum absolute atomic E-state index is 0.000734. The van der Waals surface area contributed by atoms with Crippen LogP contribution in [-0.2, 0) is 22.4 Å². The maximum Gasteiger partial charge on any atom is 0.339 e. The van der Waals surface area contributed by atoms with Crippen molar-refractivity contribution in [3.8, 4) is 0 Å². The highest BCUT2D eigenvalue weighted by Crippen LogP contribution is 2.30. The van der Waals surface area contributed by atoms with Gasteiger partial charge in [-0.25, -0.2) is 10.2 Å². The molecule has 4 rings (SSSR count). The summed E-state index contributed by atoms with van der Waals surface area (Å²) in [7, 11) is 1.26. The molecule has 0 fully saturated rings. The van der Waals surface area contributed by atoms with E-state index < -0.39 is 16.8 Å². The number of carbonyl (C=O) groups excluding carboxylic acids is 3. The molecular weight excluding hydrogens is 480 g/mol. The van der Waals surface area contributed by atoms with Gasteiger partial charge in [-0.2, -0.15) is 5.10 Å². The maximum atomic E-state index is 13.0. The van der Waals surface area contributed by atoms with Crippen LogP contribution < -0.4 is 10.7 Å². The van der Waals surface area contributed by atoms with Gasteiger partial charge in [0.15, 0.2) is 5.76 Å². The summed E-state index contributed by atoms with van der Waals surface area (Å²) in [6.45, 7) is 1.74. The Morgan fingerprint density at radius 1 is 1.11 bits per heavy atom. The number of nitrogens with zero attached hydrogens (tertiary/aromatic N) is 2. The van der Waals surface area contributed by atoms with Gasteiger partial charge in [-0.1, -0.05) is 24.3 Å². The number of methoxy groups -OCH3 is 1. The smallest absolute Gasteiger partial charge is 0.339 e. The number of nitro groups is 1. The van der Waals surface area contributed by atoms with Crippen LogP contribution in [0.5, 0.6) is 0 Å². The predicted molar refractivity (Wildman–Crippen MR) is 134 cm³/mol. The lowest BCUT2D eigenvalue weighted by molar-refractivity contribution is -0.384. The number of amides is 2. The summed E-state index contributed by atoms with van der Waals surface area (Å²) in [6.07, 6.45) is 1.91. The summed E-state index contributed by atoms with van der Waals surface area (Å²) in [4.78, 5) is 47.8. The van der Waals surface area contributed by atoms with Crippen molar-refractivity contribution in [3.63, 3.8) is 0 Å². The molecule has 37 heavy (non-hydrogen) atoms. The number of benzene rings is 2. The molecule has 11 nitrogen and oxygen atoms in total. The molecule has 0 saturated heterocycles. The van der Waals surface area contributed by atoms with E-state index in [-0.39, 0.29) is 29.3 Å². The van der Waals surface area contributed by atoms with Crippen molar-refractivity contribution >= 4 is 34.9 Å². The van der Waals surface area contributed by atoms with E-state index in [1.165, 1.54) is 31.4 Å². The van der Waals surface area contributed by atoms with Gasteiger partial charge in [-0.15, -0.1) is 0 Å². The van der Waals surface area contributed by atoms with Gasteiger partial charge in [0, 0.05) is 29.7 Å². The molecule has 0 atom stereocenters. The molecule has 1 heterocycles. The molecule has 11 heteroatoms. The Kier molecular flexibility index (Phi) is 7.42. The highest BCUT2D eigenvalue weighted by atomic mass is 16.6. The van der Waals surface area contributed by atoms with E-state index in [4.69, 9.17) is 9.15 Å². The molecule has 0 saturated carbocycles. The molecule has 190 valence electrons. The number of esters is 1. The number of ether oxygens (including phenoxy) is 1. The van der Waals surface area contributed by atoms with Gasteiger partial charge >= 0.3 is 5.97 Å². The van der Waals surface area contributed by atoms with Gasteiger partial charge in [0.2, 0.25) is 5.91 Å². The Morgan fingerprint density at radius 3 is 2.54 bits per heavy atom. The molecule has 0 spiro atoms. The van der Waals surface area contributed by atoms with Crippen molar-refractivity contribution in [2.45, 2.75) is 32.6 Å². The molecule has 0 radical (unpaired) electrons. The van der Waals surface area contributed by atoms with Crippen molar-refractivity contribution in [1.29, 1.82) is 0 Å². The monoisotopic (exact) mass is 504 g/mol. The van der Waals surface area contributed by atoms with E-state index in [0.717, 1.165) is 6.42 Å². The molecule has 2 N–H and O–H groups in total. The molecule has 3 aromatic rings. The fourth-order valence-corrected chi connectivity index (χ4v) is 4.15. The first kappa shape index (κ1) is 25.3. The number of non-ortho nitro benzene ring substituents is 1. The zero-order valence-corrected chi connectivity index (χ0v) is 20.2. The molecule has 0 unspecified atom stereocenters. The average molecular weight is 504 g/mol. The van der Waals surface area contributed by atoms with Crippen LogP contribution in [-0.4, -0.2) is 35.5 Å². The number of nitrogens with one attached hydrogen (secondary N) is 2.